The quantitative estimate of drug-likeness (QED) is 0.737. The zero-order chi connectivity index (χ0) is 15.0. The molecule has 0 radical (unpaired) electrons. The van der Waals surface area contributed by atoms with Crippen molar-refractivity contribution in [2.45, 2.75) is 0 Å². The van der Waals surface area contributed by atoms with Gasteiger partial charge in [-0.1, -0.05) is 12.1 Å². The number of nitrogens with one attached hydrogen (secondary N) is 1. The average Bonchev–Trinajstić information content (AvgIpc) is 2.82. The van der Waals surface area contributed by atoms with E-state index in [1.807, 2.05) is 0 Å². The molecular formula is C13H10N4O4. The maximum Gasteiger partial charge on any atom is 0.356 e. The zero-order valence-electron chi connectivity index (χ0n) is 10.9. The van der Waals surface area contributed by atoms with Gasteiger partial charge in [-0.05, 0) is 12.1 Å². The molecule has 21 heavy (non-hydrogen) atoms. The number of carboxylic acids is 1. The number of nitrogens with zero attached hydrogens (tertiary/aromatic N) is 3. The fourth-order valence-corrected chi connectivity index (χ4v) is 2.12. The summed E-state index contributed by atoms with van der Waals surface area (Å²) in [6.45, 7) is 0. The minimum absolute atomic E-state index is 0.0703. The van der Waals surface area contributed by atoms with Gasteiger partial charge in [-0.3, -0.25) is 0 Å². The predicted octanol–water partition coefficient (Wildman–Crippen LogP) is 0.816. The van der Waals surface area contributed by atoms with E-state index in [2.05, 4.69) is 15.0 Å². The zero-order valence-corrected chi connectivity index (χ0v) is 10.9. The first kappa shape index (κ1) is 12.9. The molecule has 2 N–H and O–H groups in total. The molecule has 2 heterocycles. The van der Waals surface area contributed by atoms with Gasteiger partial charge in [0.15, 0.2) is 11.3 Å². The summed E-state index contributed by atoms with van der Waals surface area (Å²) in [6, 6.07) is 6.87. The molecule has 3 aromatic rings. The van der Waals surface area contributed by atoms with Gasteiger partial charge in [0.05, 0.1) is 12.8 Å². The fraction of sp³-hybridized carbons (Fsp3) is 0.0769. The van der Waals surface area contributed by atoms with Gasteiger partial charge in [0.25, 0.3) is 0 Å². The van der Waals surface area contributed by atoms with Crippen molar-refractivity contribution in [1.82, 2.24) is 19.5 Å². The van der Waals surface area contributed by atoms with E-state index in [-0.39, 0.29) is 16.9 Å². The number of ether oxygens (including phenoxy) is 1. The number of hydrogen-bond acceptors (Lipinski definition) is 5. The van der Waals surface area contributed by atoms with E-state index in [4.69, 9.17) is 9.84 Å². The fourth-order valence-electron chi connectivity index (χ4n) is 2.12. The number of aromatic amines is 1. The van der Waals surface area contributed by atoms with Crippen LogP contribution in [0.4, 0.5) is 0 Å². The smallest absolute Gasteiger partial charge is 0.356 e. The van der Waals surface area contributed by atoms with Crippen LogP contribution in [-0.4, -0.2) is 37.7 Å². The van der Waals surface area contributed by atoms with Crippen LogP contribution in [0.25, 0.3) is 16.9 Å². The highest BCUT2D eigenvalue weighted by Gasteiger charge is 2.19. The van der Waals surface area contributed by atoms with Gasteiger partial charge in [-0.15, -0.1) is 0 Å². The summed E-state index contributed by atoms with van der Waals surface area (Å²) >= 11 is 0. The average molecular weight is 286 g/mol. The van der Waals surface area contributed by atoms with Gasteiger partial charge in [-0.2, -0.15) is 0 Å². The van der Waals surface area contributed by atoms with Crippen LogP contribution in [-0.2, 0) is 0 Å². The van der Waals surface area contributed by atoms with Crippen molar-refractivity contribution in [1.29, 1.82) is 0 Å². The summed E-state index contributed by atoms with van der Waals surface area (Å²) in [4.78, 5) is 33.5. The summed E-state index contributed by atoms with van der Waals surface area (Å²) in [7, 11) is 1.48. The first-order chi connectivity index (χ1) is 10.1. The van der Waals surface area contributed by atoms with Gasteiger partial charge in [0.1, 0.15) is 17.6 Å². The molecule has 0 spiro atoms. The second-order valence-corrected chi connectivity index (χ2v) is 4.16. The molecule has 0 unspecified atom stereocenters. The maximum absolute atomic E-state index is 12.2. The van der Waals surface area contributed by atoms with Gasteiger partial charge >= 0.3 is 11.7 Å². The molecule has 1 aromatic carbocycles. The van der Waals surface area contributed by atoms with E-state index < -0.39 is 11.7 Å². The topological polar surface area (TPSA) is 110 Å². The van der Waals surface area contributed by atoms with E-state index >= 15 is 0 Å². The van der Waals surface area contributed by atoms with Crippen molar-refractivity contribution in [2.24, 2.45) is 0 Å². The third-order valence-electron chi connectivity index (χ3n) is 3.00. The lowest BCUT2D eigenvalue weighted by Gasteiger charge is -2.08. The van der Waals surface area contributed by atoms with Crippen LogP contribution in [0.2, 0.25) is 0 Å². The van der Waals surface area contributed by atoms with Crippen molar-refractivity contribution >= 4 is 17.1 Å². The molecular weight excluding hydrogens is 276 g/mol. The Labute approximate surface area is 117 Å². The molecule has 0 bridgehead atoms. The molecule has 0 atom stereocenters. The van der Waals surface area contributed by atoms with Gasteiger partial charge < -0.3 is 14.8 Å². The lowest BCUT2D eigenvalue weighted by Crippen LogP contribution is -2.15. The Hall–Kier alpha value is -3.16. The molecule has 0 saturated heterocycles. The molecule has 0 saturated carbocycles. The molecule has 8 heteroatoms. The highest BCUT2D eigenvalue weighted by Crippen LogP contribution is 2.23. The lowest BCUT2D eigenvalue weighted by molar-refractivity contribution is 0.0692. The summed E-state index contributed by atoms with van der Waals surface area (Å²) in [5.74, 6) is -0.771. The predicted molar refractivity (Wildman–Crippen MR) is 73.0 cm³/mol. The number of carbonyl (C=O) groups is 1. The third-order valence-corrected chi connectivity index (χ3v) is 3.00. The number of H-pyrrole nitrogens is 1. The Kier molecular flexibility index (Phi) is 2.90. The Bertz CT molecular complexity index is 897. The number of hydrogen-bond donors (Lipinski definition) is 2. The van der Waals surface area contributed by atoms with E-state index in [0.717, 1.165) is 6.33 Å². The number of methoxy groups -OCH3 is 1. The van der Waals surface area contributed by atoms with Gasteiger partial charge in [-0.25, -0.2) is 24.1 Å². The van der Waals surface area contributed by atoms with Crippen molar-refractivity contribution in [2.75, 3.05) is 7.11 Å². The Morgan fingerprint density at radius 3 is 2.81 bits per heavy atom. The molecule has 2 aromatic heterocycles. The summed E-state index contributed by atoms with van der Waals surface area (Å²) in [6.07, 6.45) is 1.10. The Balaban J connectivity index is 2.39. The molecule has 0 aliphatic heterocycles. The lowest BCUT2D eigenvalue weighted by atomic mass is 10.3. The van der Waals surface area contributed by atoms with Crippen molar-refractivity contribution in [3.05, 3.63) is 46.8 Å². The van der Waals surface area contributed by atoms with Crippen molar-refractivity contribution < 1.29 is 14.6 Å². The largest absolute Gasteiger partial charge is 0.495 e. The van der Waals surface area contributed by atoms with Crippen LogP contribution in [0.5, 0.6) is 5.75 Å². The molecule has 3 rings (SSSR count). The molecule has 0 aliphatic rings. The van der Waals surface area contributed by atoms with Crippen LogP contribution in [0.15, 0.2) is 35.4 Å². The number of rotatable bonds is 3. The highest BCUT2D eigenvalue weighted by molar-refractivity contribution is 5.97. The number of aromatic nitrogens is 4. The van der Waals surface area contributed by atoms with Crippen LogP contribution in [0.1, 0.15) is 10.5 Å². The number of para-hydroxylation sites is 2. The summed E-state index contributed by atoms with van der Waals surface area (Å²) in [5.41, 5.74) is -0.0626. The second-order valence-electron chi connectivity index (χ2n) is 4.16. The standard InChI is InChI=1S/C13H10N4O4/c1-21-8-5-3-2-4-7(8)17-11-9(16-13(17)20)10(12(18)19)14-6-15-11/h2-6H,1H3,(H,16,20)(H,18,19). The van der Waals surface area contributed by atoms with E-state index in [9.17, 15) is 9.59 Å². The Morgan fingerprint density at radius 1 is 1.33 bits per heavy atom. The number of benzene rings is 1. The van der Waals surface area contributed by atoms with E-state index in [0.29, 0.717) is 11.4 Å². The van der Waals surface area contributed by atoms with Gasteiger partial charge in [0, 0.05) is 0 Å². The molecule has 0 aliphatic carbocycles. The third kappa shape index (κ3) is 1.93. The second kappa shape index (κ2) is 4.75. The highest BCUT2D eigenvalue weighted by atomic mass is 16.5. The Morgan fingerprint density at radius 2 is 2.10 bits per heavy atom. The van der Waals surface area contributed by atoms with Crippen LogP contribution in [0.3, 0.4) is 0 Å². The monoisotopic (exact) mass is 286 g/mol. The normalized spacial score (nSPS) is 10.7. The molecule has 8 nitrogen and oxygen atoms in total. The first-order valence-electron chi connectivity index (χ1n) is 5.96. The maximum atomic E-state index is 12.2. The number of carboxylic acid groups (broad SMARTS) is 1. The van der Waals surface area contributed by atoms with E-state index in [1.54, 1.807) is 24.3 Å². The van der Waals surface area contributed by atoms with E-state index in [1.165, 1.54) is 11.7 Å². The molecule has 0 fully saturated rings. The van der Waals surface area contributed by atoms with Crippen molar-refractivity contribution in [3.8, 4) is 11.4 Å². The number of aromatic carboxylic acids is 1. The first-order valence-corrected chi connectivity index (χ1v) is 5.96. The van der Waals surface area contributed by atoms with Crippen LogP contribution >= 0.6 is 0 Å². The SMILES string of the molecule is COc1ccccc1-n1c(=O)[nH]c2c(C(=O)O)ncnc21. The van der Waals surface area contributed by atoms with Crippen LogP contribution in [0, 0.1) is 0 Å². The molecule has 0 amide bonds. The van der Waals surface area contributed by atoms with Crippen molar-refractivity contribution in [3.63, 3.8) is 0 Å². The number of fused-ring (bicyclic) bond motifs is 1. The molecule has 106 valence electrons. The van der Waals surface area contributed by atoms with Crippen LogP contribution < -0.4 is 10.4 Å². The minimum atomic E-state index is -1.24. The minimum Gasteiger partial charge on any atom is -0.495 e. The summed E-state index contributed by atoms with van der Waals surface area (Å²) in [5, 5.41) is 9.11. The summed E-state index contributed by atoms with van der Waals surface area (Å²) < 4.78 is 6.47. The number of imidazole rings is 1. The van der Waals surface area contributed by atoms with Gasteiger partial charge in [0.2, 0.25) is 0 Å².